The minimum Gasteiger partial charge on any atom is -0.493 e. The van der Waals surface area contributed by atoms with Crippen molar-refractivity contribution in [1.82, 2.24) is 14.7 Å². The van der Waals surface area contributed by atoms with Crippen molar-refractivity contribution in [2.45, 2.75) is 38.5 Å². The quantitative estimate of drug-likeness (QED) is 0.741. The number of ether oxygens (including phenoxy) is 2. The van der Waals surface area contributed by atoms with Gasteiger partial charge in [-0.1, -0.05) is 0 Å². The number of nitrogens with zero attached hydrogens (tertiary/aromatic N) is 3. The summed E-state index contributed by atoms with van der Waals surface area (Å²) in [6.07, 6.45) is 2.62. The topological polar surface area (TPSA) is 59.8 Å². The van der Waals surface area contributed by atoms with Gasteiger partial charge in [0.15, 0.2) is 5.75 Å². The third-order valence-corrected chi connectivity index (χ3v) is 3.39. The fourth-order valence-electron chi connectivity index (χ4n) is 1.99. The smallest absolute Gasteiger partial charge is 0.162 e. The van der Waals surface area contributed by atoms with Crippen molar-refractivity contribution < 1.29 is 14.6 Å². The molecule has 20 heavy (non-hydrogen) atoms. The first kappa shape index (κ1) is 16.9. The van der Waals surface area contributed by atoms with Gasteiger partial charge >= 0.3 is 0 Å². The molecule has 0 aromatic carbocycles. The van der Waals surface area contributed by atoms with E-state index in [2.05, 4.69) is 10.00 Å². The van der Waals surface area contributed by atoms with E-state index in [0.717, 1.165) is 25.2 Å². The average Bonchev–Trinajstić information content (AvgIpc) is 2.84. The zero-order valence-electron chi connectivity index (χ0n) is 13.2. The van der Waals surface area contributed by atoms with Crippen LogP contribution in [0.4, 0.5) is 0 Å². The molecule has 0 aliphatic rings. The molecule has 0 bridgehead atoms. The zero-order valence-corrected chi connectivity index (χ0v) is 13.2. The Morgan fingerprint density at radius 3 is 2.60 bits per heavy atom. The lowest BCUT2D eigenvalue weighted by molar-refractivity contribution is 0.0813. The van der Waals surface area contributed by atoms with E-state index in [1.54, 1.807) is 20.4 Å². The molecule has 1 aromatic rings. The highest BCUT2D eigenvalue weighted by atomic mass is 16.5. The van der Waals surface area contributed by atoms with Gasteiger partial charge in [0.05, 0.1) is 32.1 Å². The first-order chi connectivity index (χ1) is 9.49. The summed E-state index contributed by atoms with van der Waals surface area (Å²) in [4.78, 5) is 2.08. The van der Waals surface area contributed by atoms with E-state index in [1.165, 1.54) is 0 Å². The molecule has 1 aromatic heterocycles. The molecule has 0 aliphatic carbocycles. The van der Waals surface area contributed by atoms with Crippen LogP contribution in [0.5, 0.6) is 5.75 Å². The van der Waals surface area contributed by atoms with E-state index in [9.17, 15) is 5.11 Å². The van der Waals surface area contributed by atoms with Crippen molar-refractivity contribution >= 4 is 0 Å². The van der Waals surface area contributed by atoms with Gasteiger partial charge in [-0.05, 0) is 33.9 Å². The molecule has 6 nitrogen and oxygen atoms in total. The summed E-state index contributed by atoms with van der Waals surface area (Å²) in [5.74, 6) is 0.640. The molecule has 1 rings (SSSR count). The normalized spacial score (nSPS) is 14.6. The Morgan fingerprint density at radius 1 is 1.35 bits per heavy atom. The highest BCUT2D eigenvalue weighted by molar-refractivity contribution is 5.27. The van der Waals surface area contributed by atoms with Gasteiger partial charge in [-0.3, -0.25) is 4.68 Å². The Balaban J connectivity index is 2.76. The van der Waals surface area contributed by atoms with Crippen LogP contribution in [0.2, 0.25) is 0 Å². The van der Waals surface area contributed by atoms with Gasteiger partial charge in [-0.15, -0.1) is 0 Å². The summed E-state index contributed by atoms with van der Waals surface area (Å²) in [7, 11) is 7.30. The Hall–Kier alpha value is -1.11. The lowest BCUT2D eigenvalue weighted by Gasteiger charge is -2.18. The van der Waals surface area contributed by atoms with Gasteiger partial charge in [0.2, 0.25) is 0 Å². The monoisotopic (exact) mass is 285 g/mol. The predicted octanol–water partition coefficient (Wildman–Crippen LogP) is 1.30. The lowest BCUT2D eigenvalue weighted by Crippen LogP contribution is -2.21. The maximum Gasteiger partial charge on any atom is 0.162 e. The second-order valence-corrected chi connectivity index (χ2v) is 5.26. The maximum absolute atomic E-state index is 10.4. The van der Waals surface area contributed by atoms with Gasteiger partial charge in [-0.2, -0.15) is 5.10 Å². The number of hydrogen-bond acceptors (Lipinski definition) is 5. The number of aromatic nitrogens is 2. The standard InChI is InChI=1S/C14H27N3O3/c1-11(19-4)6-7-12(18)14-13(20-5)10-15-17(14)9-8-16(2)3/h10-12,18H,6-9H2,1-5H3. The molecule has 0 saturated carbocycles. The lowest BCUT2D eigenvalue weighted by atomic mass is 10.1. The Bertz CT molecular complexity index is 393. The largest absolute Gasteiger partial charge is 0.493 e. The van der Waals surface area contributed by atoms with E-state index in [0.29, 0.717) is 12.2 Å². The number of aliphatic hydroxyl groups excluding tert-OH is 1. The molecule has 0 aliphatic heterocycles. The molecule has 0 amide bonds. The summed E-state index contributed by atoms with van der Waals surface area (Å²) >= 11 is 0. The van der Waals surface area contributed by atoms with Crippen molar-refractivity contribution in [2.75, 3.05) is 34.9 Å². The molecule has 2 atom stereocenters. The average molecular weight is 285 g/mol. The maximum atomic E-state index is 10.4. The first-order valence-electron chi connectivity index (χ1n) is 6.94. The van der Waals surface area contributed by atoms with Gasteiger partial charge in [0, 0.05) is 13.7 Å². The Morgan fingerprint density at radius 2 is 2.05 bits per heavy atom. The molecule has 116 valence electrons. The third kappa shape index (κ3) is 4.77. The zero-order chi connectivity index (χ0) is 15.1. The van der Waals surface area contributed by atoms with Gasteiger partial charge in [0.1, 0.15) is 5.69 Å². The predicted molar refractivity (Wildman–Crippen MR) is 78.0 cm³/mol. The van der Waals surface area contributed by atoms with Gasteiger partial charge in [-0.25, -0.2) is 0 Å². The first-order valence-corrected chi connectivity index (χ1v) is 6.94. The molecule has 2 unspecified atom stereocenters. The van der Waals surface area contributed by atoms with Crippen LogP contribution in [-0.2, 0) is 11.3 Å². The van der Waals surface area contributed by atoms with E-state index in [4.69, 9.17) is 9.47 Å². The van der Waals surface area contributed by atoms with Crippen molar-refractivity contribution in [2.24, 2.45) is 0 Å². The molecule has 1 heterocycles. The van der Waals surface area contributed by atoms with Crippen LogP contribution < -0.4 is 4.74 Å². The molecule has 0 saturated heterocycles. The number of likely N-dealkylation sites (N-methyl/N-ethyl adjacent to an activating group) is 1. The van der Waals surface area contributed by atoms with Crippen LogP contribution in [0.1, 0.15) is 31.6 Å². The Kier molecular flexibility index (Phi) is 6.98. The SMILES string of the molecule is COc1cnn(CCN(C)C)c1C(O)CCC(C)OC. The number of hydrogen-bond donors (Lipinski definition) is 1. The van der Waals surface area contributed by atoms with E-state index >= 15 is 0 Å². The van der Waals surface area contributed by atoms with E-state index in [1.807, 2.05) is 25.7 Å². The molecule has 0 spiro atoms. The summed E-state index contributed by atoms with van der Waals surface area (Å²) < 4.78 is 12.3. The summed E-state index contributed by atoms with van der Waals surface area (Å²) in [5.41, 5.74) is 0.748. The minimum atomic E-state index is -0.591. The fourth-order valence-corrected chi connectivity index (χ4v) is 1.99. The van der Waals surface area contributed by atoms with Crippen molar-refractivity contribution in [1.29, 1.82) is 0 Å². The van der Waals surface area contributed by atoms with Crippen LogP contribution >= 0.6 is 0 Å². The highest BCUT2D eigenvalue weighted by Crippen LogP contribution is 2.28. The molecule has 1 N–H and O–H groups in total. The van der Waals surface area contributed by atoms with Crippen molar-refractivity contribution in [3.8, 4) is 5.75 Å². The number of rotatable bonds is 9. The van der Waals surface area contributed by atoms with Crippen LogP contribution in [0.25, 0.3) is 0 Å². The molecule has 0 fully saturated rings. The van der Waals surface area contributed by atoms with Crippen molar-refractivity contribution in [3.63, 3.8) is 0 Å². The molecule has 0 radical (unpaired) electrons. The molecular formula is C14H27N3O3. The summed E-state index contributed by atoms with van der Waals surface area (Å²) in [6, 6.07) is 0. The second kappa shape index (κ2) is 8.24. The highest BCUT2D eigenvalue weighted by Gasteiger charge is 2.20. The minimum absolute atomic E-state index is 0.133. The Labute approximate surface area is 121 Å². The van der Waals surface area contributed by atoms with Gasteiger partial charge in [0.25, 0.3) is 0 Å². The van der Waals surface area contributed by atoms with Crippen LogP contribution in [0, 0.1) is 0 Å². The number of aliphatic hydroxyl groups is 1. The van der Waals surface area contributed by atoms with Crippen molar-refractivity contribution in [3.05, 3.63) is 11.9 Å². The van der Waals surface area contributed by atoms with Gasteiger partial charge < -0.3 is 19.5 Å². The van der Waals surface area contributed by atoms with Crippen LogP contribution in [0.3, 0.4) is 0 Å². The van der Waals surface area contributed by atoms with E-state index in [-0.39, 0.29) is 6.10 Å². The second-order valence-electron chi connectivity index (χ2n) is 5.26. The molecular weight excluding hydrogens is 258 g/mol. The molecule has 6 heteroatoms. The van der Waals surface area contributed by atoms with Crippen LogP contribution in [0.15, 0.2) is 6.20 Å². The summed E-state index contributed by atoms with van der Waals surface area (Å²) in [6.45, 7) is 3.58. The third-order valence-electron chi connectivity index (χ3n) is 3.39. The summed E-state index contributed by atoms with van der Waals surface area (Å²) in [5, 5.41) is 14.7. The van der Waals surface area contributed by atoms with E-state index < -0.39 is 6.10 Å². The number of methoxy groups -OCH3 is 2. The van der Waals surface area contributed by atoms with Crippen LogP contribution in [-0.4, -0.2) is 60.8 Å². The fraction of sp³-hybridized carbons (Fsp3) is 0.786.